The molecule has 1 aromatic carbocycles. The van der Waals surface area contributed by atoms with Gasteiger partial charge in [-0.25, -0.2) is 0 Å². The van der Waals surface area contributed by atoms with Crippen LogP contribution in [0.5, 0.6) is 5.75 Å². The lowest BCUT2D eigenvalue weighted by molar-refractivity contribution is -0.384. The molecule has 25 heavy (non-hydrogen) atoms. The zero-order valence-electron chi connectivity index (χ0n) is 14.6. The number of anilines is 1. The highest BCUT2D eigenvalue weighted by Crippen LogP contribution is 2.36. The molecule has 2 aliphatic rings. The quantitative estimate of drug-likeness (QED) is 0.654. The Morgan fingerprint density at radius 1 is 1.32 bits per heavy atom. The summed E-state index contributed by atoms with van der Waals surface area (Å²) in [5.41, 5.74) is 0.0574. The minimum absolute atomic E-state index is 0.154. The molecule has 1 aromatic rings. The number of nitrogens with zero attached hydrogens (tertiary/aromatic N) is 2. The third-order valence-electron chi connectivity index (χ3n) is 5.42. The molecule has 1 N–H and O–H groups in total. The van der Waals surface area contributed by atoms with Gasteiger partial charge >= 0.3 is 0 Å². The maximum atomic E-state index is 12.4. The highest BCUT2D eigenvalue weighted by atomic mass is 16.6. The fourth-order valence-electron chi connectivity index (χ4n) is 4.11. The van der Waals surface area contributed by atoms with Crippen molar-refractivity contribution in [1.29, 1.82) is 0 Å². The predicted octanol–water partition coefficient (Wildman–Crippen LogP) is 3.05. The van der Waals surface area contributed by atoms with Crippen molar-refractivity contribution in [3.8, 4) is 5.75 Å². The van der Waals surface area contributed by atoms with Crippen LogP contribution in [0.25, 0.3) is 0 Å². The Morgan fingerprint density at radius 3 is 2.80 bits per heavy atom. The first-order valence-corrected chi connectivity index (χ1v) is 8.91. The molecule has 1 heterocycles. The molecule has 1 saturated carbocycles. The normalized spacial score (nSPS) is 23.6. The van der Waals surface area contributed by atoms with E-state index in [1.165, 1.54) is 44.9 Å². The Balaban J connectivity index is 1.60. The van der Waals surface area contributed by atoms with Crippen molar-refractivity contribution in [3.05, 3.63) is 28.3 Å². The first-order valence-electron chi connectivity index (χ1n) is 8.91. The SMILES string of the molecule is COc1ccc(NC(=O)CN2CC[C@@H]3CCCC[C@@H]3C2)c([N+](=O)[O-])c1. The molecule has 1 saturated heterocycles. The van der Waals surface area contributed by atoms with Crippen LogP contribution in [0.4, 0.5) is 11.4 Å². The number of nitro groups is 1. The van der Waals surface area contributed by atoms with Gasteiger partial charge in [0, 0.05) is 6.54 Å². The van der Waals surface area contributed by atoms with Crippen LogP contribution in [0.2, 0.25) is 0 Å². The van der Waals surface area contributed by atoms with Crippen LogP contribution in [-0.2, 0) is 4.79 Å². The van der Waals surface area contributed by atoms with E-state index in [1.54, 1.807) is 6.07 Å². The molecular weight excluding hydrogens is 322 g/mol. The number of hydrogen-bond acceptors (Lipinski definition) is 5. The molecule has 0 aromatic heterocycles. The number of amides is 1. The fraction of sp³-hybridized carbons (Fsp3) is 0.611. The maximum Gasteiger partial charge on any atom is 0.296 e. The number of carbonyl (C=O) groups excluding carboxylic acids is 1. The second kappa shape index (κ2) is 7.82. The third kappa shape index (κ3) is 4.28. The molecular formula is C18H25N3O4. The Labute approximate surface area is 147 Å². The summed E-state index contributed by atoms with van der Waals surface area (Å²) >= 11 is 0. The number of hydrogen-bond donors (Lipinski definition) is 1. The third-order valence-corrected chi connectivity index (χ3v) is 5.42. The van der Waals surface area contributed by atoms with Gasteiger partial charge in [0.15, 0.2) is 0 Å². The molecule has 1 aliphatic carbocycles. The van der Waals surface area contributed by atoms with Gasteiger partial charge in [0.25, 0.3) is 5.69 Å². The summed E-state index contributed by atoms with van der Waals surface area (Å²) in [6.07, 6.45) is 6.36. The van der Waals surface area contributed by atoms with E-state index in [1.807, 2.05) is 0 Å². The van der Waals surface area contributed by atoms with Crippen molar-refractivity contribution in [3.63, 3.8) is 0 Å². The van der Waals surface area contributed by atoms with Crippen LogP contribution in [-0.4, -0.2) is 42.5 Å². The Morgan fingerprint density at radius 2 is 2.08 bits per heavy atom. The summed E-state index contributed by atoms with van der Waals surface area (Å²) in [6, 6.07) is 4.45. The number of nitrogens with one attached hydrogen (secondary N) is 1. The summed E-state index contributed by atoms with van der Waals surface area (Å²) in [4.78, 5) is 25.2. The van der Waals surface area contributed by atoms with Gasteiger partial charge in [0.2, 0.25) is 5.91 Å². The van der Waals surface area contributed by atoms with Gasteiger partial charge in [-0.3, -0.25) is 19.8 Å². The summed E-state index contributed by atoms with van der Waals surface area (Å²) in [6.45, 7) is 2.18. The molecule has 7 heteroatoms. The number of piperidine rings is 1. The highest BCUT2D eigenvalue weighted by molar-refractivity contribution is 5.94. The van der Waals surface area contributed by atoms with Gasteiger partial charge in [-0.1, -0.05) is 19.3 Å². The smallest absolute Gasteiger partial charge is 0.296 e. The van der Waals surface area contributed by atoms with E-state index in [2.05, 4.69) is 10.2 Å². The van der Waals surface area contributed by atoms with E-state index in [0.29, 0.717) is 11.7 Å². The number of fused-ring (bicyclic) bond motifs is 1. The minimum Gasteiger partial charge on any atom is -0.496 e. The number of likely N-dealkylation sites (tertiary alicyclic amines) is 1. The average Bonchev–Trinajstić information content (AvgIpc) is 2.61. The first-order chi connectivity index (χ1) is 12.1. The van der Waals surface area contributed by atoms with Crippen molar-refractivity contribution in [2.24, 2.45) is 11.8 Å². The zero-order chi connectivity index (χ0) is 17.8. The van der Waals surface area contributed by atoms with E-state index >= 15 is 0 Å². The van der Waals surface area contributed by atoms with E-state index in [9.17, 15) is 14.9 Å². The number of benzene rings is 1. The van der Waals surface area contributed by atoms with E-state index < -0.39 is 4.92 Å². The lowest BCUT2D eigenvalue weighted by Gasteiger charge is -2.41. The van der Waals surface area contributed by atoms with Crippen LogP contribution in [0.3, 0.4) is 0 Å². The number of methoxy groups -OCH3 is 1. The Kier molecular flexibility index (Phi) is 5.53. The Hall–Kier alpha value is -2.15. The maximum absolute atomic E-state index is 12.4. The topological polar surface area (TPSA) is 84.7 Å². The summed E-state index contributed by atoms with van der Waals surface area (Å²) in [5.74, 6) is 1.70. The van der Waals surface area contributed by atoms with Crippen molar-refractivity contribution in [1.82, 2.24) is 4.90 Å². The average molecular weight is 347 g/mol. The molecule has 0 unspecified atom stereocenters. The molecule has 1 amide bonds. The predicted molar refractivity (Wildman–Crippen MR) is 94.8 cm³/mol. The second-order valence-corrected chi connectivity index (χ2v) is 7.02. The Bertz CT molecular complexity index is 649. The van der Waals surface area contributed by atoms with E-state index in [0.717, 1.165) is 25.4 Å². The molecule has 0 spiro atoms. The van der Waals surface area contributed by atoms with Crippen LogP contribution in [0.15, 0.2) is 18.2 Å². The van der Waals surface area contributed by atoms with Gasteiger partial charge in [-0.05, 0) is 43.4 Å². The first kappa shape index (κ1) is 17.7. The molecule has 7 nitrogen and oxygen atoms in total. The van der Waals surface area contributed by atoms with Gasteiger partial charge in [-0.15, -0.1) is 0 Å². The van der Waals surface area contributed by atoms with Gasteiger partial charge in [0.1, 0.15) is 11.4 Å². The standard InChI is InChI=1S/C18H25N3O4/c1-25-15-6-7-16(17(10-15)21(23)24)19-18(22)12-20-9-8-13-4-2-3-5-14(13)11-20/h6-7,10,13-14H,2-5,8-9,11-12H2,1H3,(H,19,22)/t13-,14+/m0/s1. The molecule has 2 atom stereocenters. The number of ether oxygens (including phenoxy) is 1. The van der Waals surface area contributed by atoms with Crippen molar-refractivity contribution in [2.75, 3.05) is 32.1 Å². The molecule has 0 bridgehead atoms. The van der Waals surface area contributed by atoms with Crippen molar-refractivity contribution < 1.29 is 14.5 Å². The molecule has 3 rings (SSSR count). The van der Waals surface area contributed by atoms with Crippen LogP contribution < -0.4 is 10.1 Å². The number of nitro benzene ring substituents is 1. The van der Waals surface area contributed by atoms with Crippen LogP contribution in [0.1, 0.15) is 32.1 Å². The minimum atomic E-state index is -0.508. The van der Waals surface area contributed by atoms with Gasteiger partial charge in [-0.2, -0.15) is 0 Å². The largest absolute Gasteiger partial charge is 0.496 e. The van der Waals surface area contributed by atoms with Crippen molar-refractivity contribution in [2.45, 2.75) is 32.1 Å². The summed E-state index contributed by atoms with van der Waals surface area (Å²) in [7, 11) is 1.45. The van der Waals surface area contributed by atoms with Crippen LogP contribution >= 0.6 is 0 Å². The lowest BCUT2D eigenvalue weighted by Crippen LogP contribution is -2.44. The highest BCUT2D eigenvalue weighted by Gasteiger charge is 2.31. The summed E-state index contributed by atoms with van der Waals surface area (Å²) in [5, 5.41) is 13.9. The molecule has 0 radical (unpaired) electrons. The zero-order valence-corrected chi connectivity index (χ0v) is 14.6. The van der Waals surface area contributed by atoms with Gasteiger partial charge < -0.3 is 10.1 Å². The summed E-state index contributed by atoms with van der Waals surface area (Å²) < 4.78 is 5.01. The fourth-order valence-corrected chi connectivity index (χ4v) is 4.11. The van der Waals surface area contributed by atoms with Crippen molar-refractivity contribution >= 4 is 17.3 Å². The number of carbonyl (C=O) groups is 1. The molecule has 1 aliphatic heterocycles. The van der Waals surface area contributed by atoms with E-state index in [4.69, 9.17) is 4.74 Å². The number of rotatable bonds is 5. The van der Waals surface area contributed by atoms with Crippen LogP contribution in [0, 0.1) is 22.0 Å². The second-order valence-electron chi connectivity index (χ2n) is 7.02. The van der Waals surface area contributed by atoms with E-state index in [-0.39, 0.29) is 23.8 Å². The lowest BCUT2D eigenvalue weighted by atomic mass is 9.75. The monoisotopic (exact) mass is 347 g/mol. The molecule has 136 valence electrons. The molecule has 2 fully saturated rings. The van der Waals surface area contributed by atoms with Gasteiger partial charge in [0.05, 0.1) is 24.6 Å².